The number of carbonyl (C=O) groups is 1. The van der Waals surface area contributed by atoms with E-state index in [1.807, 2.05) is 12.1 Å². The first-order chi connectivity index (χ1) is 10.1. The molecule has 0 bridgehead atoms. The Morgan fingerprint density at radius 2 is 2.10 bits per heavy atom. The van der Waals surface area contributed by atoms with Gasteiger partial charge >= 0.3 is 5.97 Å². The number of hydrogen-bond donors (Lipinski definition) is 1. The summed E-state index contributed by atoms with van der Waals surface area (Å²) in [5, 5.41) is 9.08. The minimum Gasteiger partial charge on any atom is -0.478 e. The normalized spacial score (nSPS) is 24.7. The molecule has 1 heterocycles. The van der Waals surface area contributed by atoms with Gasteiger partial charge in [-0.05, 0) is 36.5 Å². The van der Waals surface area contributed by atoms with Crippen molar-refractivity contribution in [1.82, 2.24) is 9.80 Å². The van der Waals surface area contributed by atoms with Crippen LogP contribution < -0.4 is 0 Å². The van der Waals surface area contributed by atoms with E-state index in [1.165, 1.54) is 19.4 Å². The highest BCUT2D eigenvalue weighted by Crippen LogP contribution is 2.28. The zero-order valence-corrected chi connectivity index (χ0v) is 12.7. The first-order valence-electron chi connectivity index (χ1n) is 7.90. The van der Waals surface area contributed by atoms with Crippen molar-refractivity contribution >= 4 is 5.97 Å². The summed E-state index contributed by atoms with van der Waals surface area (Å²) in [7, 11) is 0. The van der Waals surface area contributed by atoms with E-state index in [4.69, 9.17) is 5.11 Å². The van der Waals surface area contributed by atoms with Crippen molar-refractivity contribution in [2.75, 3.05) is 26.2 Å². The molecule has 0 aromatic heterocycles. The average Bonchev–Trinajstić information content (AvgIpc) is 3.27. The van der Waals surface area contributed by atoms with Crippen molar-refractivity contribution in [3.05, 3.63) is 35.4 Å². The summed E-state index contributed by atoms with van der Waals surface area (Å²) in [4.78, 5) is 16.2. The molecular weight excluding hydrogens is 264 g/mol. The monoisotopic (exact) mass is 288 g/mol. The fourth-order valence-corrected chi connectivity index (χ4v) is 3.33. The molecule has 1 saturated heterocycles. The van der Waals surface area contributed by atoms with Crippen LogP contribution in [0.4, 0.5) is 0 Å². The van der Waals surface area contributed by atoms with Gasteiger partial charge in [0.2, 0.25) is 0 Å². The summed E-state index contributed by atoms with van der Waals surface area (Å²) in [6.07, 6.45) is 2.74. The van der Waals surface area contributed by atoms with Gasteiger partial charge < -0.3 is 5.11 Å². The Morgan fingerprint density at radius 1 is 1.29 bits per heavy atom. The zero-order valence-electron chi connectivity index (χ0n) is 12.7. The number of nitrogens with zero attached hydrogens (tertiary/aromatic N) is 2. The fraction of sp³-hybridized carbons (Fsp3) is 0.588. The van der Waals surface area contributed by atoms with Gasteiger partial charge in [-0.2, -0.15) is 0 Å². The van der Waals surface area contributed by atoms with E-state index < -0.39 is 5.97 Å². The van der Waals surface area contributed by atoms with Crippen LogP contribution in [0.25, 0.3) is 0 Å². The maximum Gasteiger partial charge on any atom is 0.335 e. The van der Waals surface area contributed by atoms with Crippen LogP contribution in [0.15, 0.2) is 24.3 Å². The first kappa shape index (κ1) is 14.5. The third kappa shape index (κ3) is 3.83. The van der Waals surface area contributed by atoms with Crippen molar-refractivity contribution in [2.45, 2.75) is 32.4 Å². The lowest BCUT2D eigenvalue weighted by atomic mass is 10.1. The van der Waals surface area contributed by atoms with Crippen LogP contribution in [-0.4, -0.2) is 53.1 Å². The second kappa shape index (κ2) is 6.16. The molecule has 3 rings (SSSR count). The standard InChI is InChI=1S/C17H24N2O2/c1-13-10-18(7-8-19(11-13)16-5-6-16)12-14-3-2-4-15(9-14)17(20)21/h2-4,9,13,16H,5-8,10-12H2,1H3,(H,20,21). The smallest absolute Gasteiger partial charge is 0.335 e. The molecule has 4 heteroatoms. The van der Waals surface area contributed by atoms with E-state index in [-0.39, 0.29) is 0 Å². The van der Waals surface area contributed by atoms with Crippen molar-refractivity contribution in [2.24, 2.45) is 5.92 Å². The summed E-state index contributed by atoms with van der Waals surface area (Å²) in [6.45, 7) is 7.70. The summed E-state index contributed by atoms with van der Waals surface area (Å²) in [6, 6.07) is 8.17. The molecule has 1 atom stereocenters. The first-order valence-corrected chi connectivity index (χ1v) is 7.90. The van der Waals surface area contributed by atoms with Crippen LogP contribution in [-0.2, 0) is 6.54 Å². The predicted octanol–water partition coefficient (Wildman–Crippen LogP) is 2.30. The second-order valence-corrected chi connectivity index (χ2v) is 6.57. The van der Waals surface area contributed by atoms with Gasteiger partial charge in [-0.3, -0.25) is 9.80 Å². The van der Waals surface area contributed by atoms with Crippen molar-refractivity contribution < 1.29 is 9.90 Å². The Hall–Kier alpha value is -1.39. The highest BCUT2D eigenvalue weighted by atomic mass is 16.4. The molecule has 4 nitrogen and oxygen atoms in total. The molecule has 1 aromatic carbocycles. The lowest BCUT2D eigenvalue weighted by Gasteiger charge is -2.22. The molecule has 21 heavy (non-hydrogen) atoms. The Bertz CT molecular complexity index is 513. The van der Waals surface area contributed by atoms with Crippen LogP contribution in [0.3, 0.4) is 0 Å². The van der Waals surface area contributed by atoms with Gasteiger partial charge in [0.25, 0.3) is 0 Å². The SMILES string of the molecule is CC1CN(Cc2cccc(C(=O)O)c2)CCN(C2CC2)C1. The predicted molar refractivity (Wildman–Crippen MR) is 82.4 cm³/mol. The maximum absolute atomic E-state index is 11.1. The largest absolute Gasteiger partial charge is 0.478 e. The number of benzene rings is 1. The quantitative estimate of drug-likeness (QED) is 0.923. The van der Waals surface area contributed by atoms with Gasteiger partial charge in [-0.15, -0.1) is 0 Å². The van der Waals surface area contributed by atoms with Crippen LogP contribution in [0.2, 0.25) is 0 Å². The van der Waals surface area contributed by atoms with Crippen LogP contribution in [0.1, 0.15) is 35.7 Å². The summed E-state index contributed by atoms with van der Waals surface area (Å²) in [5.41, 5.74) is 1.48. The lowest BCUT2D eigenvalue weighted by molar-refractivity contribution is 0.0696. The molecule has 1 aliphatic carbocycles. The molecule has 0 radical (unpaired) electrons. The van der Waals surface area contributed by atoms with Gasteiger partial charge in [-0.1, -0.05) is 19.1 Å². The van der Waals surface area contributed by atoms with Gasteiger partial charge in [0.1, 0.15) is 0 Å². The number of carboxylic acids is 1. The molecule has 1 N–H and O–H groups in total. The third-order valence-corrected chi connectivity index (χ3v) is 4.46. The molecule has 1 aliphatic heterocycles. The van der Waals surface area contributed by atoms with E-state index >= 15 is 0 Å². The van der Waals surface area contributed by atoms with Crippen LogP contribution in [0, 0.1) is 5.92 Å². The average molecular weight is 288 g/mol. The lowest BCUT2D eigenvalue weighted by Crippen LogP contribution is -2.32. The fourth-order valence-electron chi connectivity index (χ4n) is 3.33. The molecule has 1 saturated carbocycles. The molecule has 0 amide bonds. The number of rotatable bonds is 4. The Labute approximate surface area is 126 Å². The zero-order chi connectivity index (χ0) is 14.8. The van der Waals surface area contributed by atoms with E-state index in [9.17, 15) is 4.79 Å². The number of hydrogen-bond acceptors (Lipinski definition) is 3. The highest BCUT2D eigenvalue weighted by molar-refractivity contribution is 5.87. The highest BCUT2D eigenvalue weighted by Gasteiger charge is 2.31. The summed E-state index contributed by atoms with van der Waals surface area (Å²) in [5.74, 6) is -0.170. The Morgan fingerprint density at radius 3 is 2.81 bits per heavy atom. The topological polar surface area (TPSA) is 43.8 Å². The van der Waals surface area contributed by atoms with Crippen molar-refractivity contribution in [1.29, 1.82) is 0 Å². The Kier molecular flexibility index (Phi) is 4.27. The van der Waals surface area contributed by atoms with Gasteiger partial charge in [0, 0.05) is 38.8 Å². The molecule has 2 aliphatic rings. The Balaban J connectivity index is 1.63. The molecule has 2 fully saturated rings. The van der Waals surface area contributed by atoms with E-state index in [0.29, 0.717) is 11.5 Å². The number of carboxylic acid groups (broad SMARTS) is 1. The van der Waals surface area contributed by atoms with Crippen molar-refractivity contribution in [3.63, 3.8) is 0 Å². The summed E-state index contributed by atoms with van der Waals surface area (Å²) < 4.78 is 0. The molecular formula is C17H24N2O2. The van der Waals surface area contributed by atoms with E-state index in [1.54, 1.807) is 12.1 Å². The minimum absolute atomic E-state index is 0.384. The van der Waals surface area contributed by atoms with Gasteiger partial charge in [0.05, 0.1) is 5.56 Å². The van der Waals surface area contributed by atoms with Gasteiger partial charge in [0.15, 0.2) is 0 Å². The minimum atomic E-state index is -0.846. The van der Waals surface area contributed by atoms with Gasteiger partial charge in [-0.25, -0.2) is 4.79 Å². The third-order valence-electron chi connectivity index (χ3n) is 4.46. The summed E-state index contributed by atoms with van der Waals surface area (Å²) >= 11 is 0. The van der Waals surface area contributed by atoms with Crippen LogP contribution >= 0.6 is 0 Å². The number of aromatic carboxylic acids is 1. The van der Waals surface area contributed by atoms with Crippen molar-refractivity contribution in [3.8, 4) is 0 Å². The van der Waals surface area contributed by atoms with Crippen LogP contribution in [0.5, 0.6) is 0 Å². The molecule has 114 valence electrons. The second-order valence-electron chi connectivity index (χ2n) is 6.57. The van der Waals surface area contributed by atoms with E-state index in [2.05, 4.69) is 16.7 Å². The molecule has 1 unspecified atom stereocenters. The maximum atomic E-state index is 11.1. The molecule has 1 aromatic rings. The van der Waals surface area contributed by atoms with E-state index in [0.717, 1.165) is 37.8 Å². The molecule has 0 spiro atoms.